The van der Waals surface area contributed by atoms with Crippen molar-refractivity contribution in [1.82, 2.24) is 0 Å². The highest BCUT2D eigenvalue weighted by molar-refractivity contribution is 6.80. The highest BCUT2D eigenvalue weighted by Crippen LogP contribution is 2.27. The van der Waals surface area contributed by atoms with Crippen molar-refractivity contribution in [2.75, 3.05) is 0 Å². The van der Waals surface area contributed by atoms with E-state index < -0.39 is 8.56 Å². The van der Waals surface area contributed by atoms with Crippen molar-refractivity contribution < 1.29 is 8.85 Å². The van der Waals surface area contributed by atoms with E-state index in [1.807, 2.05) is 66.9 Å². The summed E-state index contributed by atoms with van der Waals surface area (Å²) < 4.78 is 12.9. The van der Waals surface area contributed by atoms with Crippen LogP contribution in [-0.2, 0) is 11.0 Å². The summed E-state index contributed by atoms with van der Waals surface area (Å²) in [5, 5.41) is 1.11. The molecule has 0 aliphatic carbocycles. The third kappa shape index (κ3) is 3.27. The first-order valence-corrected chi connectivity index (χ1v) is 10.7. The Balaban J connectivity index is 1.85. The van der Waals surface area contributed by atoms with Gasteiger partial charge in [0, 0.05) is 22.5 Å². The molecule has 3 aromatic rings. The number of hydrogen-bond acceptors (Lipinski definition) is 3. The minimum absolute atomic E-state index is 0.479. The molecule has 1 heterocycles. The predicted molar refractivity (Wildman–Crippen MR) is 103 cm³/mol. The Morgan fingerprint density at radius 2 is 1.56 bits per heavy atom. The SMILES string of the molecule is C[Si]1(c2ccccc2)OCc2ccccc2N=Cc2ccccc2O1. The predicted octanol–water partition coefficient (Wildman–Crippen LogP) is 4.33. The molecule has 1 unspecified atom stereocenters. The minimum Gasteiger partial charge on any atom is -0.517 e. The monoisotopic (exact) mass is 345 g/mol. The van der Waals surface area contributed by atoms with E-state index in [-0.39, 0.29) is 0 Å². The summed E-state index contributed by atoms with van der Waals surface area (Å²) in [4.78, 5) is 4.64. The fourth-order valence-corrected chi connectivity index (χ4v) is 5.09. The van der Waals surface area contributed by atoms with E-state index in [1.54, 1.807) is 0 Å². The number of hydrogen-bond donors (Lipinski definition) is 0. The van der Waals surface area contributed by atoms with Crippen LogP contribution in [0.4, 0.5) is 5.69 Å². The van der Waals surface area contributed by atoms with Crippen LogP contribution in [-0.4, -0.2) is 14.8 Å². The van der Waals surface area contributed by atoms with Gasteiger partial charge in [-0.15, -0.1) is 0 Å². The molecule has 0 N–H and O–H groups in total. The maximum Gasteiger partial charge on any atom is 0.430 e. The Hall–Kier alpha value is -2.69. The van der Waals surface area contributed by atoms with Crippen LogP contribution in [0.5, 0.6) is 5.75 Å². The fourth-order valence-electron chi connectivity index (χ4n) is 2.92. The summed E-state index contributed by atoms with van der Waals surface area (Å²) in [6, 6.07) is 26.3. The van der Waals surface area contributed by atoms with Crippen molar-refractivity contribution in [1.29, 1.82) is 0 Å². The van der Waals surface area contributed by atoms with Gasteiger partial charge >= 0.3 is 8.56 Å². The molecule has 0 saturated carbocycles. The second-order valence-electron chi connectivity index (χ2n) is 6.13. The molecule has 4 heteroatoms. The van der Waals surface area contributed by atoms with Crippen molar-refractivity contribution in [3.8, 4) is 5.75 Å². The molecule has 0 radical (unpaired) electrons. The summed E-state index contributed by atoms with van der Waals surface area (Å²) in [6.07, 6.45) is 1.87. The van der Waals surface area contributed by atoms with E-state index >= 15 is 0 Å². The number of para-hydroxylation sites is 2. The van der Waals surface area contributed by atoms with Gasteiger partial charge in [0.25, 0.3) is 0 Å². The van der Waals surface area contributed by atoms with E-state index in [9.17, 15) is 0 Å². The summed E-state index contributed by atoms with van der Waals surface area (Å²) in [6.45, 7) is 2.58. The molecule has 0 spiro atoms. The molecule has 1 aliphatic heterocycles. The third-order valence-electron chi connectivity index (χ3n) is 4.36. The van der Waals surface area contributed by atoms with E-state index in [0.717, 1.165) is 27.8 Å². The van der Waals surface area contributed by atoms with Gasteiger partial charge in [0.1, 0.15) is 5.75 Å². The molecule has 124 valence electrons. The molecule has 1 aliphatic rings. The van der Waals surface area contributed by atoms with Gasteiger partial charge in [-0.1, -0.05) is 60.7 Å². The first-order valence-electron chi connectivity index (χ1n) is 8.34. The Bertz CT molecular complexity index is 911. The molecule has 4 rings (SSSR count). The molecule has 0 fully saturated rings. The quantitative estimate of drug-likeness (QED) is 0.615. The lowest BCUT2D eigenvalue weighted by atomic mass is 10.2. The Labute approximate surface area is 148 Å². The van der Waals surface area contributed by atoms with E-state index in [2.05, 4.69) is 29.7 Å². The topological polar surface area (TPSA) is 30.8 Å². The highest BCUT2D eigenvalue weighted by atomic mass is 28.4. The zero-order valence-corrected chi connectivity index (χ0v) is 15.1. The van der Waals surface area contributed by atoms with Crippen LogP contribution in [0.2, 0.25) is 6.55 Å². The first kappa shape index (κ1) is 15.8. The summed E-state index contributed by atoms with van der Waals surface area (Å²) in [7, 11) is -2.63. The number of nitrogens with zero attached hydrogens (tertiary/aromatic N) is 1. The first-order chi connectivity index (χ1) is 12.2. The lowest BCUT2D eigenvalue weighted by molar-refractivity contribution is 0.243. The smallest absolute Gasteiger partial charge is 0.430 e. The Kier molecular flexibility index (Phi) is 4.22. The average Bonchev–Trinajstić information content (AvgIpc) is 2.67. The molecule has 0 saturated heterocycles. The Morgan fingerprint density at radius 3 is 2.44 bits per heavy atom. The van der Waals surface area contributed by atoms with Gasteiger partial charge in [-0.3, -0.25) is 4.99 Å². The van der Waals surface area contributed by atoms with Gasteiger partial charge in [0.15, 0.2) is 0 Å². The van der Waals surface area contributed by atoms with E-state index in [0.29, 0.717) is 6.61 Å². The molecule has 1 atom stereocenters. The summed E-state index contributed by atoms with van der Waals surface area (Å²) in [5.74, 6) is 0.809. The van der Waals surface area contributed by atoms with Gasteiger partial charge in [-0.05, 0) is 24.7 Å². The molecular weight excluding hydrogens is 326 g/mol. The zero-order valence-electron chi connectivity index (χ0n) is 14.1. The van der Waals surface area contributed by atoms with Crippen molar-refractivity contribution in [2.24, 2.45) is 4.99 Å². The van der Waals surface area contributed by atoms with Crippen LogP contribution in [0.1, 0.15) is 11.1 Å². The van der Waals surface area contributed by atoms with Crippen LogP contribution >= 0.6 is 0 Å². The second-order valence-corrected chi connectivity index (χ2v) is 9.09. The van der Waals surface area contributed by atoms with Gasteiger partial charge in [-0.25, -0.2) is 0 Å². The van der Waals surface area contributed by atoms with Gasteiger partial charge in [-0.2, -0.15) is 0 Å². The van der Waals surface area contributed by atoms with Crippen LogP contribution in [0, 0.1) is 0 Å². The van der Waals surface area contributed by atoms with E-state index in [4.69, 9.17) is 8.85 Å². The lowest BCUT2D eigenvalue weighted by Crippen LogP contribution is -2.53. The molecular formula is C21H19NO2Si. The van der Waals surface area contributed by atoms with Crippen LogP contribution in [0.3, 0.4) is 0 Å². The molecule has 25 heavy (non-hydrogen) atoms. The fraction of sp³-hybridized carbons (Fsp3) is 0.0952. The maximum absolute atomic E-state index is 6.49. The lowest BCUT2D eigenvalue weighted by Gasteiger charge is -2.29. The number of benzene rings is 3. The highest BCUT2D eigenvalue weighted by Gasteiger charge is 2.37. The molecule has 0 aromatic heterocycles. The Morgan fingerprint density at radius 1 is 0.840 bits per heavy atom. The van der Waals surface area contributed by atoms with Crippen LogP contribution < -0.4 is 9.61 Å². The molecule has 0 amide bonds. The van der Waals surface area contributed by atoms with E-state index in [1.165, 1.54) is 0 Å². The minimum atomic E-state index is -2.63. The molecule has 3 aromatic carbocycles. The van der Waals surface area contributed by atoms with Gasteiger partial charge in [0.2, 0.25) is 0 Å². The van der Waals surface area contributed by atoms with Crippen molar-refractivity contribution in [2.45, 2.75) is 13.2 Å². The van der Waals surface area contributed by atoms with Gasteiger partial charge < -0.3 is 8.85 Å². The number of rotatable bonds is 1. The molecule has 0 bridgehead atoms. The average molecular weight is 345 g/mol. The number of aliphatic imine (C=N–C) groups is 1. The van der Waals surface area contributed by atoms with Crippen molar-refractivity contribution in [3.05, 3.63) is 90.0 Å². The largest absolute Gasteiger partial charge is 0.517 e. The summed E-state index contributed by atoms with van der Waals surface area (Å²) in [5.41, 5.74) is 2.96. The zero-order chi connectivity index (χ0) is 17.1. The normalized spacial score (nSPS) is 19.4. The second kappa shape index (κ2) is 6.67. The van der Waals surface area contributed by atoms with Crippen molar-refractivity contribution in [3.63, 3.8) is 0 Å². The van der Waals surface area contributed by atoms with Crippen LogP contribution in [0.15, 0.2) is 83.9 Å². The third-order valence-corrected chi connectivity index (χ3v) is 7.05. The molecule has 3 nitrogen and oxygen atoms in total. The summed E-state index contributed by atoms with van der Waals surface area (Å²) >= 11 is 0. The van der Waals surface area contributed by atoms with Crippen molar-refractivity contribution >= 4 is 25.6 Å². The standard InChI is InChI=1S/C21H19NO2Si/c1-25(19-11-3-2-4-12-19)23-16-18-10-5-7-13-20(18)22-15-17-9-6-8-14-21(17)24-25/h2-15H,16H2,1H3. The van der Waals surface area contributed by atoms with Gasteiger partial charge in [0.05, 0.1) is 12.3 Å². The maximum atomic E-state index is 6.49. The van der Waals surface area contributed by atoms with Crippen LogP contribution in [0.25, 0.3) is 0 Å². The number of fused-ring (bicyclic) bond motifs is 2.